The molecule has 134 valence electrons. The first kappa shape index (κ1) is 17.9. The third kappa shape index (κ3) is 3.41. The number of hydrogen-bond donors (Lipinski definition) is 1. The number of halogens is 2. The van der Waals surface area contributed by atoms with Crippen molar-refractivity contribution >= 4 is 23.2 Å². The molecule has 0 saturated carbocycles. The van der Waals surface area contributed by atoms with Crippen LogP contribution in [0.1, 0.15) is 21.6 Å². The average molecular weight is 374 g/mol. The second kappa shape index (κ2) is 7.17. The van der Waals surface area contributed by atoms with Crippen LogP contribution in [0.15, 0.2) is 42.5 Å². The van der Waals surface area contributed by atoms with Gasteiger partial charge in [0.15, 0.2) is 0 Å². The molecule has 1 heterocycles. The maximum absolute atomic E-state index is 13.1. The highest BCUT2D eigenvalue weighted by Crippen LogP contribution is 2.28. The van der Waals surface area contributed by atoms with Crippen molar-refractivity contribution in [1.82, 2.24) is 9.78 Å². The van der Waals surface area contributed by atoms with Crippen molar-refractivity contribution in [2.45, 2.75) is 13.8 Å². The van der Waals surface area contributed by atoms with Crippen molar-refractivity contribution in [1.29, 1.82) is 0 Å². The lowest BCUT2D eigenvalue weighted by atomic mass is 10.2. The van der Waals surface area contributed by atoms with Crippen LogP contribution in [0.2, 0.25) is 5.15 Å². The Hall–Kier alpha value is -2.86. The fourth-order valence-corrected chi connectivity index (χ4v) is 2.97. The lowest BCUT2D eigenvalue weighted by Gasteiger charge is -2.11. The van der Waals surface area contributed by atoms with Crippen LogP contribution < -0.4 is 10.1 Å². The minimum Gasteiger partial charge on any atom is -0.495 e. The molecule has 0 spiro atoms. The summed E-state index contributed by atoms with van der Waals surface area (Å²) in [4.78, 5) is 12.8. The van der Waals surface area contributed by atoms with Crippen LogP contribution in [0.25, 0.3) is 5.69 Å². The minimum atomic E-state index is -0.398. The lowest BCUT2D eigenvalue weighted by molar-refractivity contribution is 0.102. The molecule has 3 rings (SSSR count). The van der Waals surface area contributed by atoms with Crippen molar-refractivity contribution in [3.8, 4) is 11.4 Å². The molecular weight excluding hydrogens is 357 g/mol. The number of ether oxygens (including phenoxy) is 1. The van der Waals surface area contributed by atoms with E-state index in [1.54, 1.807) is 25.1 Å². The molecule has 3 aromatic rings. The van der Waals surface area contributed by atoms with Gasteiger partial charge in [-0.15, -0.1) is 0 Å². The normalized spacial score (nSPS) is 10.7. The van der Waals surface area contributed by atoms with Gasteiger partial charge < -0.3 is 10.1 Å². The Labute approximate surface area is 155 Å². The molecule has 0 saturated heterocycles. The Morgan fingerprint density at radius 1 is 1.19 bits per heavy atom. The van der Waals surface area contributed by atoms with Crippen molar-refractivity contribution in [3.63, 3.8) is 0 Å². The van der Waals surface area contributed by atoms with Crippen LogP contribution in [-0.4, -0.2) is 22.8 Å². The molecule has 1 amide bonds. The summed E-state index contributed by atoms with van der Waals surface area (Å²) in [5.74, 6) is -0.216. The highest BCUT2D eigenvalue weighted by molar-refractivity contribution is 6.34. The van der Waals surface area contributed by atoms with E-state index < -0.39 is 5.91 Å². The fourth-order valence-electron chi connectivity index (χ4n) is 2.61. The first-order valence-electron chi connectivity index (χ1n) is 7.87. The minimum absolute atomic E-state index is 0.151. The Balaban J connectivity index is 1.96. The van der Waals surface area contributed by atoms with E-state index in [1.165, 1.54) is 23.9 Å². The maximum Gasteiger partial charge on any atom is 0.260 e. The Morgan fingerprint density at radius 2 is 1.88 bits per heavy atom. The summed E-state index contributed by atoms with van der Waals surface area (Å²) in [6.45, 7) is 3.61. The smallest absolute Gasteiger partial charge is 0.260 e. The summed E-state index contributed by atoms with van der Waals surface area (Å²) in [6.07, 6.45) is 0. The van der Waals surface area contributed by atoms with E-state index in [4.69, 9.17) is 16.3 Å². The molecule has 0 unspecified atom stereocenters. The second-order valence-electron chi connectivity index (χ2n) is 5.80. The number of benzene rings is 2. The second-order valence-corrected chi connectivity index (χ2v) is 6.16. The molecule has 1 N–H and O–H groups in total. The molecule has 0 aliphatic carbocycles. The predicted octanol–water partition coefficient (Wildman–Crippen LogP) is 4.54. The van der Waals surface area contributed by atoms with Gasteiger partial charge in [0, 0.05) is 0 Å². The molecule has 0 radical (unpaired) electrons. The van der Waals surface area contributed by atoms with E-state index in [1.807, 2.05) is 19.1 Å². The van der Waals surface area contributed by atoms with Crippen LogP contribution >= 0.6 is 11.6 Å². The third-order valence-corrected chi connectivity index (χ3v) is 4.25. The monoisotopic (exact) mass is 373 g/mol. The molecule has 0 aliphatic heterocycles. The average Bonchev–Trinajstić information content (AvgIpc) is 2.90. The quantitative estimate of drug-likeness (QED) is 0.730. The van der Waals surface area contributed by atoms with Crippen LogP contribution in [0, 0.1) is 19.7 Å². The molecule has 26 heavy (non-hydrogen) atoms. The number of hydrogen-bond acceptors (Lipinski definition) is 3. The van der Waals surface area contributed by atoms with Gasteiger partial charge in [-0.2, -0.15) is 5.10 Å². The number of rotatable bonds is 4. The van der Waals surface area contributed by atoms with E-state index in [9.17, 15) is 9.18 Å². The van der Waals surface area contributed by atoms with Gasteiger partial charge >= 0.3 is 0 Å². The lowest BCUT2D eigenvalue weighted by Crippen LogP contribution is -2.14. The topological polar surface area (TPSA) is 56.1 Å². The van der Waals surface area contributed by atoms with Gasteiger partial charge in [-0.25, -0.2) is 9.07 Å². The molecule has 0 aliphatic rings. The van der Waals surface area contributed by atoms with Crippen molar-refractivity contribution in [2.24, 2.45) is 0 Å². The molecule has 0 fully saturated rings. The zero-order valence-electron chi connectivity index (χ0n) is 14.5. The summed E-state index contributed by atoms with van der Waals surface area (Å²) < 4.78 is 19.8. The van der Waals surface area contributed by atoms with Gasteiger partial charge in [-0.1, -0.05) is 17.7 Å². The summed E-state index contributed by atoms with van der Waals surface area (Å²) in [5.41, 5.74) is 2.79. The van der Waals surface area contributed by atoms with Crippen molar-refractivity contribution < 1.29 is 13.9 Å². The summed E-state index contributed by atoms with van der Waals surface area (Å²) in [5, 5.41) is 7.27. The van der Waals surface area contributed by atoms with E-state index in [2.05, 4.69) is 10.4 Å². The van der Waals surface area contributed by atoms with E-state index >= 15 is 0 Å². The number of nitrogens with one attached hydrogen (secondary N) is 1. The summed E-state index contributed by atoms with van der Waals surface area (Å²) >= 11 is 6.38. The van der Waals surface area contributed by atoms with E-state index in [0.717, 1.165) is 5.56 Å². The molecule has 7 heteroatoms. The number of aromatic nitrogens is 2. The van der Waals surface area contributed by atoms with Gasteiger partial charge in [0.1, 0.15) is 22.3 Å². The largest absolute Gasteiger partial charge is 0.495 e. The van der Waals surface area contributed by atoms with Crippen LogP contribution in [0.3, 0.4) is 0 Å². The SMILES string of the molecule is COc1ccc(C)cc1NC(=O)c1c(C)nn(-c2ccc(F)cc2)c1Cl. The Bertz CT molecular complexity index is 968. The van der Waals surface area contributed by atoms with Gasteiger partial charge in [-0.3, -0.25) is 4.79 Å². The molecule has 1 aromatic heterocycles. The van der Waals surface area contributed by atoms with Crippen molar-refractivity contribution in [3.05, 3.63) is 70.3 Å². The summed E-state index contributed by atoms with van der Waals surface area (Å²) in [6, 6.07) is 11.2. The third-order valence-electron chi connectivity index (χ3n) is 3.91. The summed E-state index contributed by atoms with van der Waals surface area (Å²) in [7, 11) is 1.53. The Morgan fingerprint density at radius 3 is 2.54 bits per heavy atom. The molecule has 2 aromatic carbocycles. The first-order chi connectivity index (χ1) is 12.4. The number of aryl methyl sites for hydroxylation is 2. The first-order valence-corrected chi connectivity index (χ1v) is 8.25. The zero-order chi connectivity index (χ0) is 18.8. The van der Waals surface area contributed by atoms with Gasteiger partial charge in [0.05, 0.1) is 24.2 Å². The molecule has 0 atom stereocenters. The van der Waals surface area contributed by atoms with Gasteiger partial charge in [-0.05, 0) is 55.8 Å². The Kier molecular flexibility index (Phi) is 4.95. The van der Waals surface area contributed by atoms with E-state index in [0.29, 0.717) is 22.8 Å². The predicted molar refractivity (Wildman–Crippen MR) is 99.0 cm³/mol. The highest BCUT2D eigenvalue weighted by atomic mass is 35.5. The van der Waals surface area contributed by atoms with Crippen molar-refractivity contribution in [2.75, 3.05) is 12.4 Å². The molecule has 0 bridgehead atoms. The number of amides is 1. The van der Waals surface area contributed by atoms with Crippen LogP contribution in [0.4, 0.5) is 10.1 Å². The highest BCUT2D eigenvalue weighted by Gasteiger charge is 2.22. The van der Waals surface area contributed by atoms with E-state index in [-0.39, 0.29) is 16.5 Å². The van der Waals surface area contributed by atoms with Gasteiger partial charge in [0.2, 0.25) is 0 Å². The zero-order valence-corrected chi connectivity index (χ0v) is 15.3. The van der Waals surface area contributed by atoms with Crippen LogP contribution in [-0.2, 0) is 0 Å². The molecule has 5 nitrogen and oxygen atoms in total. The fraction of sp³-hybridized carbons (Fsp3) is 0.158. The number of carbonyl (C=O) groups excluding carboxylic acids is 1. The standard InChI is InChI=1S/C19H17ClFN3O2/c1-11-4-9-16(26-3)15(10-11)22-19(25)17-12(2)23-24(18(17)20)14-7-5-13(21)6-8-14/h4-10H,1-3H3,(H,22,25). The molecular formula is C19H17ClFN3O2. The number of carbonyl (C=O) groups is 1. The number of methoxy groups -OCH3 is 1. The van der Waals surface area contributed by atoms with Gasteiger partial charge in [0.25, 0.3) is 5.91 Å². The number of anilines is 1. The number of nitrogens with zero attached hydrogens (tertiary/aromatic N) is 2. The van der Waals surface area contributed by atoms with Crippen LogP contribution in [0.5, 0.6) is 5.75 Å². The maximum atomic E-state index is 13.1.